The molecule has 3 rings (SSSR count). The molecule has 0 radical (unpaired) electrons. The van der Waals surface area contributed by atoms with Gasteiger partial charge in [0.15, 0.2) is 0 Å². The summed E-state index contributed by atoms with van der Waals surface area (Å²) in [7, 11) is 0. The first kappa shape index (κ1) is 18.0. The highest BCUT2D eigenvalue weighted by Gasteiger charge is 2.21. The van der Waals surface area contributed by atoms with Crippen LogP contribution in [0.4, 0.5) is 5.69 Å². The molecule has 1 aromatic heterocycles. The molecule has 4 nitrogen and oxygen atoms in total. The number of aryl methyl sites for hydroxylation is 2. The molecule has 0 fully saturated rings. The predicted octanol–water partition coefficient (Wildman–Crippen LogP) is 4.55. The summed E-state index contributed by atoms with van der Waals surface area (Å²) in [6, 6.07) is 8.00. The van der Waals surface area contributed by atoms with Gasteiger partial charge in [-0.3, -0.25) is 4.79 Å². The number of nitrogens with one attached hydrogen (secondary N) is 1. The van der Waals surface area contributed by atoms with Crippen molar-refractivity contribution in [1.29, 1.82) is 5.26 Å². The molecule has 0 unspecified atom stereocenters. The molecule has 1 aliphatic carbocycles. The number of fused-ring (bicyclic) bond motifs is 1. The number of nitrogens with zero attached hydrogens (tertiary/aromatic N) is 2. The first-order valence-electron chi connectivity index (χ1n) is 8.11. The highest BCUT2D eigenvalue weighted by Crippen LogP contribution is 2.31. The van der Waals surface area contributed by atoms with Gasteiger partial charge in [-0.25, -0.2) is 4.98 Å². The standard InChI is InChI=1S/C19H18BrN3OS/c1-11-8-13(20)6-7-16(11)22-18(24)10-25-19-15(9-21)12(2)14-4-3-5-17(14)23-19/h6-8H,3-5,10H2,1-2H3,(H,22,24). The molecular formula is C19H18BrN3OS. The fourth-order valence-corrected chi connectivity index (χ4v) is 4.40. The number of aromatic nitrogens is 1. The Labute approximate surface area is 160 Å². The quantitative estimate of drug-likeness (QED) is 0.743. The number of benzene rings is 1. The number of pyridine rings is 1. The fourth-order valence-electron chi connectivity index (χ4n) is 3.07. The monoisotopic (exact) mass is 415 g/mol. The van der Waals surface area contributed by atoms with Crippen molar-refractivity contribution in [1.82, 2.24) is 4.98 Å². The van der Waals surface area contributed by atoms with Gasteiger partial charge >= 0.3 is 0 Å². The Morgan fingerprint density at radius 2 is 2.20 bits per heavy atom. The van der Waals surface area contributed by atoms with Gasteiger partial charge in [-0.1, -0.05) is 27.7 Å². The number of rotatable bonds is 4. The Kier molecular flexibility index (Phi) is 5.45. The van der Waals surface area contributed by atoms with Crippen LogP contribution in [0.5, 0.6) is 0 Å². The zero-order chi connectivity index (χ0) is 18.0. The number of thioether (sulfide) groups is 1. The molecule has 1 aliphatic rings. The summed E-state index contributed by atoms with van der Waals surface area (Å²) >= 11 is 4.75. The number of carbonyl (C=O) groups excluding carboxylic acids is 1. The van der Waals surface area contributed by atoms with E-state index in [1.54, 1.807) is 0 Å². The first-order valence-corrected chi connectivity index (χ1v) is 9.88. The van der Waals surface area contributed by atoms with Crippen LogP contribution in [0.15, 0.2) is 27.7 Å². The maximum atomic E-state index is 12.3. The van der Waals surface area contributed by atoms with E-state index in [-0.39, 0.29) is 11.7 Å². The van der Waals surface area contributed by atoms with E-state index in [0.29, 0.717) is 10.6 Å². The van der Waals surface area contributed by atoms with E-state index in [1.807, 2.05) is 32.0 Å². The van der Waals surface area contributed by atoms with Gasteiger partial charge < -0.3 is 5.32 Å². The number of anilines is 1. The van der Waals surface area contributed by atoms with Crippen molar-refractivity contribution in [2.75, 3.05) is 11.1 Å². The third-order valence-corrected chi connectivity index (χ3v) is 5.85. The van der Waals surface area contributed by atoms with Crippen molar-refractivity contribution in [3.8, 4) is 6.07 Å². The minimum absolute atomic E-state index is 0.0979. The Bertz CT molecular complexity index is 889. The van der Waals surface area contributed by atoms with E-state index in [9.17, 15) is 10.1 Å². The third-order valence-electron chi connectivity index (χ3n) is 4.38. The number of hydrogen-bond acceptors (Lipinski definition) is 4. The molecule has 1 aromatic carbocycles. The molecule has 1 N–H and O–H groups in total. The molecule has 6 heteroatoms. The van der Waals surface area contributed by atoms with Crippen LogP contribution in [0.3, 0.4) is 0 Å². The lowest BCUT2D eigenvalue weighted by Gasteiger charge is -2.11. The van der Waals surface area contributed by atoms with Crippen LogP contribution in [0.2, 0.25) is 0 Å². The van der Waals surface area contributed by atoms with Crippen LogP contribution in [0.1, 0.15) is 34.4 Å². The minimum Gasteiger partial charge on any atom is -0.325 e. The molecule has 0 aliphatic heterocycles. The SMILES string of the molecule is Cc1cc(Br)ccc1NC(=O)CSc1nc2c(c(C)c1C#N)CCC2. The van der Waals surface area contributed by atoms with Crippen molar-refractivity contribution in [2.24, 2.45) is 0 Å². The maximum Gasteiger partial charge on any atom is 0.234 e. The topological polar surface area (TPSA) is 65.8 Å². The second kappa shape index (κ2) is 7.59. The molecule has 0 bridgehead atoms. The van der Waals surface area contributed by atoms with E-state index in [4.69, 9.17) is 0 Å². The lowest BCUT2D eigenvalue weighted by molar-refractivity contribution is -0.113. The van der Waals surface area contributed by atoms with Crippen molar-refractivity contribution >= 4 is 39.3 Å². The van der Waals surface area contributed by atoms with Gasteiger partial charge in [0, 0.05) is 15.9 Å². The van der Waals surface area contributed by atoms with Crippen LogP contribution >= 0.6 is 27.7 Å². The molecule has 0 saturated carbocycles. The van der Waals surface area contributed by atoms with Crippen molar-refractivity contribution < 1.29 is 4.79 Å². The molecule has 0 atom stereocenters. The zero-order valence-corrected chi connectivity index (χ0v) is 16.6. The number of hydrogen-bond donors (Lipinski definition) is 1. The highest BCUT2D eigenvalue weighted by atomic mass is 79.9. The number of nitriles is 1. The molecule has 128 valence electrons. The summed E-state index contributed by atoms with van der Waals surface area (Å²) in [6.45, 7) is 3.94. The molecule has 1 amide bonds. The Balaban J connectivity index is 1.72. The van der Waals surface area contributed by atoms with Crippen LogP contribution in [-0.4, -0.2) is 16.6 Å². The van der Waals surface area contributed by atoms with Crippen molar-refractivity contribution in [2.45, 2.75) is 38.1 Å². The van der Waals surface area contributed by atoms with E-state index < -0.39 is 0 Å². The van der Waals surface area contributed by atoms with Gasteiger partial charge in [-0.15, -0.1) is 0 Å². The molecule has 2 aromatic rings. The maximum absolute atomic E-state index is 12.3. The fraction of sp³-hybridized carbons (Fsp3) is 0.316. The average Bonchev–Trinajstić information content (AvgIpc) is 3.04. The van der Waals surface area contributed by atoms with Gasteiger partial charge in [0.2, 0.25) is 5.91 Å². The minimum atomic E-state index is -0.0979. The molecule has 0 saturated heterocycles. The lowest BCUT2D eigenvalue weighted by atomic mass is 10.0. The van der Waals surface area contributed by atoms with Crippen LogP contribution < -0.4 is 5.32 Å². The van der Waals surface area contributed by atoms with Crippen LogP contribution in [0, 0.1) is 25.2 Å². The molecule has 1 heterocycles. The van der Waals surface area contributed by atoms with E-state index in [0.717, 1.165) is 46.2 Å². The van der Waals surface area contributed by atoms with Crippen LogP contribution in [-0.2, 0) is 17.6 Å². The molecular weight excluding hydrogens is 398 g/mol. The number of halogens is 1. The highest BCUT2D eigenvalue weighted by molar-refractivity contribution is 9.10. The summed E-state index contributed by atoms with van der Waals surface area (Å²) in [5.74, 6) is 0.134. The summed E-state index contributed by atoms with van der Waals surface area (Å²) in [6.07, 6.45) is 3.04. The largest absolute Gasteiger partial charge is 0.325 e. The summed E-state index contributed by atoms with van der Waals surface area (Å²) in [5.41, 5.74) is 5.73. The second-order valence-electron chi connectivity index (χ2n) is 6.10. The van der Waals surface area contributed by atoms with E-state index in [2.05, 4.69) is 32.3 Å². The van der Waals surface area contributed by atoms with Gasteiger partial charge in [0.05, 0.1) is 11.3 Å². The van der Waals surface area contributed by atoms with E-state index >= 15 is 0 Å². The molecule has 0 spiro atoms. The summed E-state index contributed by atoms with van der Waals surface area (Å²) in [5, 5.41) is 13.1. The molecule has 25 heavy (non-hydrogen) atoms. The van der Waals surface area contributed by atoms with Crippen LogP contribution in [0.25, 0.3) is 0 Å². The van der Waals surface area contributed by atoms with Gasteiger partial charge in [0.1, 0.15) is 11.1 Å². The Morgan fingerprint density at radius 3 is 2.92 bits per heavy atom. The number of amides is 1. The summed E-state index contributed by atoms with van der Waals surface area (Å²) < 4.78 is 0.980. The van der Waals surface area contributed by atoms with Gasteiger partial charge in [0.25, 0.3) is 0 Å². The second-order valence-corrected chi connectivity index (χ2v) is 7.98. The average molecular weight is 416 g/mol. The third kappa shape index (κ3) is 3.88. The zero-order valence-electron chi connectivity index (χ0n) is 14.1. The van der Waals surface area contributed by atoms with Crippen molar-refractivity contribution in [3.63, 3.8) is 0 Å². The first-order chi connectivity index (χ1) is 12.0. The number of carbonyl (C=O) groups is 1. The van der Waals surface area contributed by atoms with Gasteiger partial charge in [-0.2, -0.15) is 5.26 Å². The predicted molar refractivity (Wildman–Crippen MR) is 104 cm³/mol. The Morgan fingerprint density at radius 1 is 1.40 bits per heavy atom. The smallest absolute Gasteiger partial charge is 0.234 e. The van der Waals surface area contributed by atoms with Crippen molar-refractivity contribution in [3.05, 3.63) is 50.6 Å². The van der Waals surface area contributed by atoms with Gasteiger partial charge in [-0.05, 0) is 68.0 Å². The summed E-state index contributed by atoms with van der Waals surface area (Å²) in [4.78, 5) is 16.9. The normalized spacial score (nSPS) is 12.6. The Hall–Kier alpha value is -1.84. The van der Waals surface area contributed by atoms with E-state index in [1.165, 1.54) is 17.3 Å². The lowest BCUT2D eigenvalue weighted by Crippen LogP contribution is -2.15.